The molecule has 124 valence electrons. The number of carbonyl (C=O) groups excluding carboxylic acids is 2. The number of ether oxygens (including phenoxy) is 2. The molecule has 0 saturated heterocycles. The number of fused-ring (bicyclic) bond motifs is 1. The number of nitrogens with zero attached hydrogens (tertiary/aromatic N) is 1. The van der Waals surface area contributed by atoms with E-state index in [2.05, 4.69) is 0 Å². The molecular weight excluding hydrogens is 294 g/mol. The Bertz CT molecular complexity index is 682. The maximum atomic E-state index is 12.4. The smallest absolute Gasteiger partial charge is 0.419 e. The molecule has 0 spiro atoms. The number of hydrogen-bond donors (Lipinski definition) is 0. The molecule has 2 rings (SSSR count). The second-order valence-corrected chi connectivity index (χ2v) is 7.41. The first kappa shape index (κ1) is 17.1. The van der Waals surface area contributed by atoms with Crippen LogP contribution in [-0.2, 0) is 9.47 Å². The van der Waals surface area contributed by atoms with Crippen molar-refractivity contribution in [1.82, 2.24) is 4.57 Å². The van der Waals surface area contributed by atoms with Gasteiger partial charge in [-0.05, 0) is 47.6 Å². The SMILES string of the molecule is CC(C)(C)OC(=O)c1cn(C(=O)OC(C)(C)C)c2ccccc12. The Morgan fingerprint density at radius 3 is 2.04 bits per heavy atom. The summed E-state index contributed by atoms with van der Waals surface area (Å²) in [4.78, 5) is 24.8. The van der Waals surface area contributed by atoms with Crippen LogP contribution >= 0.6 is 0 Å². The van der Waals surface area contributed by atoms with Crippen molar-refractivity contribution >= 4 is 23.0 Å². The Morgan fingerprint density at radius 2 is 1.48 bits per heavy atom. The summed E-state index contributed by atoms with van der Waals surface area (Å²) in [6.07, 6.45) is 0.954. The third-order valence-electron chi connectivity index (χ3n) is 2.92. The van der Waals surface area contributed by atoms with E-state index in [9.17, 15) is 9.59 Å². The predicted octanol–water partition coefficient (Wildman–Crippen LogP) is 4.38. The molecule has 0 amide bonds. The molecule has 0 aliphatic carbocycles. The van der Waals surface area contributed by atoms with Gasteiger partial charge in [-0.2, -0.15) is 0 Å². The molecule has 23 heavy (non-hydrogen) atoms. The number of aromatic nitrogens is 1. The van der Waals surface area contributed by atoms with Gasteiger partial charge in [0.15, 0.2) is 0 Å². The zero-order valence-electron chi connectivity index (χ0n) is 14.5. The standard InChI is InChI=1S/C18H23NO4/c1-17(2,3)22-15(20)13-11-19(16(21)23-18(4,5)6)14-10-8-7-9-12(13)14/h7-11H,1-6H3. The monoisotopic (exact) mass is 317 g/mol. The van der Waals surface area contributed by atoms with Gasteiger partial charge >= 0.3 is 12.1 Å². The van der Waals surface area contributed by atoms with Gasteiger partial charge in [0.05, 0.1) is 11.1 Å². The number of para-hydroxylation sites is 1. The number of esters is 1. The number of hydrogen-bond acceptors (Lipinski definition) is 4. The Morgan fingerprint density at radius 1 is 0.913 bits per heavy atom. The molecule has 0 unspecified atom stereocenters. The van der Waals surface area contributed by atoms with Crippen molar-refractivity contribution in [2.45, 2.75) is 52.7 Å². The van der Waals surface area contributed by atoms with E-state index < -0.39 is 23.3 Å². The van der Waals surface area contributed by atoms with Gasteiger partial charge < -0.3 is 9.47 Å². The van der Waals surface area contributed by atoms with E-state index in [0.717, 1.165) is 0 Å². The van der Waals surface area contributed by atoms with Gasteiger partial charge in [0.1, 0.15) is 11.2 Å². The van der Waals surface area contributed by atoms with Crippen molar-refractivity contribution in [3.05, 3.63) is 36.0 Å². The predicted molar refractivity (Wildman–Crippen MR) is 88.7 cm³/mol. The molecule has 0 saturated carbocycles. The summed E-state index contributed by atoms with van der Waals surface area (Å²) in [7, 11) is 0. The third kappa shape index (κ3) is 4.12. The van der Waals surface area contributed by atoms with Crippen LogP contribution in [0.5, 0.6) is 0 Å². The van der Waals surface area contributed by atoms with Crippen LogP contribution in [0, 0.1) is 0 Å². The largest absolute Gasteiger partial charge is 0.456 e. The fourth-order valence-electron chi connectivity index (χ4n) is 2.14. The Hall–Kier alpha value is -2.30. The van der Waals surface area contributed by atoms with Crippen LogP contribution in [0.4, 0.5) is 4.79 Å². The normalized spacial score (nSPS) is 12.3. The van der Waals surface area contributed by atoms with Crippen molar-refractivity contribution in [2.75, 3.05) is 0 Å². The lowest BCUT2D eigenvalue weighted by atomic mass is 10.1. The molecule has 0 N–H and O–H groups in total. The highest BCUT2D eigenvalue weighted by Crippen LogP contribution is 2.25. The van der Waals surface area contributed by atoms with Gasteiger partial charge in [0.25, 0.3) is 0 Å². The maximum Gasteiger partial charge on any atom is 0.419 e. The molecule has 5 heteroatoms. The summed E-state index contributed by atoms with van der Waals surface area (Å²) in [6, 6.07) is 7.18. The minimum Gasteiger partial charge on any atom is -0.456 e. The molecule has 0 fully saturated rings. The quantitative estimate of drug-likeness (QED) is 0.732. The van der Waals surface area contributed by atoms with Gasteiger partial charge in [-0.1, -0.05) is 18.2 Å². The minimum atomic E-state index is -0.617. The second-order valence-electron chi connectivity index (χ2n) is 7.41. The molecule has 1 aromatic carbocycles. The molecule has 0 radical (unpaired) electrons. The van der Waals surface area contributed by atoms with E-state index >= 15 is 0 Å². The van der Waals surface area contributed by atoms with Crippen LogP contribution in [0.15, 0.2) is 30.5 Å². The van der Waals surface area contributed by atoms with E-state index in [-0.39, 0.29) is 0 Å². The van der Waals surface area contributed by atoms with Crippen molar-refractivity contribution in [3.8, 4) is 0 Å². The van der Waals surface area contributed by atoms with Gasteiger partial charge in [0.2, 0.25) is 0 Å². The topological polar surface area (TPSA) is 57.5 Å². The summed E-state index contributed by atoms with van der Waals surface area (Å²) in [5, 5.41) is 0.660. The van der Waals surface area contributed by atoms with Crippen LogP contribution in [0.1, 0.15) is 51.9 Å². The van der Waals surface area contributed by atoms with Crippen molar-refractivity contribution < 1.29 is 19.1 Å². The molecule has 5 nitrogen and oxygen atoms in total. The highest BCUT2D eigenvalue weighted by atomic mass is 16.6. The highest BCUT2D eigenvalue weighted by Gasteiger charge is 2.25. The van der Waals surface area contributed by atoms with Crippen molar-refractivity contribution in [2.24, 2.45) is 0 Å². The fourth-order valence-corrected chi connectivity index (χ4v) is 2.14. The molecule has 1 heterocycles. The maximum absolute atomic E-state index is 12.4. The Kier molecular flexibility index (Phi) is 4.24. The van der Waals surface area contributed by atoms with Gasteiger partial charge in [-0.25, -0.2) is 9.59 Å². The van der Waals surface area contributed by atoms with Crippen molar-refractivity contribution in [3.63, 3.8) is 0 Å². The van der Waals surface area contributed by atoms with Gasteiger partial charge in [0, 0.05) is 11.6 Å². The summed E-state index contributed by atoms with van der Waals surface area (Å²) >= 11 is 0. The first-order valence-electron chi connectivity index (χ1n) is 7.55. The molecule has 2 aromatic rings. The number of benzene rings is 1. The first-order chi connectivity index (χ1) is 10.5. The average molecular weight is 317 g/mol. The Balaban J connectivity index is 2.48. The summed E-state index contributed by atoms with van der Waals surface area (Å²) < 4.78 is 12.2. The van der Waals surface area contributed by atoms with E-state index in [1.807, 2.05) is 12.1 Å². The van der Waals surface area contributed by atoms with Crippen LogP contribution < -0.4 is 0 Å². The summed E-state index contributed by atoms with van der Waals surface area (Å²) in [5.41, 5.74) is -0.259. The number of rotatable bonds is 1. The summed E-state index contributed by atoms with van der Waals surface area (Å²) in [6.45, 7) is 10.8. The van der Waals surface area contributed by atoms with Crippen molar-refractivity contribution in [1.29, 1.82) is 0 Å². The molecular formula is C18H23NO4. The second kappa shape index (κ2) is 5.72. The molecule has 0 atom stereocenters. The summed E-state index contributed by atoms with van der Waals surface area (Å²) in [5.74, 6) is -0.462. The van der Waals surface area contributed by atoms with Gasteiger partial charge in [-0.3, -0.25) is 4.57 Å². The van der Waals surface area contributed by atoms with Crippen LogP contribution in [0.2, 0.25) is 0 Å². The minimum absolute atomic E-state index is 0.349. The highest BCUT2D eigenvalue weighted by molar-refractivity contribution is 6.06. The lowest BCUT2D eigenvalue weighted by Gasteiger charge is -2.20. The van der Waals surface area contributed by atoms with E-state index in [1.165, 1.54) is 10.8 Å². The molecule has 1 aromatic heterocycles. The average Bonchev–Trinajstić information content (AvgIpc) is 2.74. The zero-order chi connectivity index (χ0) is 17.4. The van der Waals surface area contributed by atoms with E-state index in [1.54, 1.807) is 53.7 Å². The molecule has 0 aliphatic rings. The number of carbonyl (C=O) groups is 2. The molecule has 0 bridgehead atoms. The van der Waals surface area contributed by atoms with E-state index in [4.69, 9.17) is 9.47 Å². The van der Waals surface area contributed by atoms with E-state index in [0.29, 0.717) is 16.5 Å². The Labute approximate surface area is 136 Å². The van der Waals surface area contributed by atoms with Gasteiger partial charge in [-0.15, -0.1) is 0 Å². The van der Waals surface area contributed by atoms with Crippen LogP contribution in [0.3, 0.4) is 0 Å². The lowest BCUT2D eigenvalue weighted by molar-refractivity contribution is 0.00718. The molecule has 0 aliphatic heterocycles. The first-order valence-corrected chi connectivity index (χ1v) is 7.55. The lowest BCUT2D eigenvalue weighted by Crippen LogP contribution is -2.27. The zero-order valence-corrected chi connectivity index (χ0v) is 14.5. The third-order valence-corrected chi connectivity index (χ3v) is 2.92. The van der Waals surface area contributed by atoms with Crippen LogP contribution in [-0.4, -0.2) is 27.8 Å². The fraction of sp³-hybridized carbons (Fsp3) is 0.444. The van der Waals surface area contributed by atoms with Crippen LogP contribution in [0.25, 0.3) is 10.9 Å².